The highest BCUT2D eigenvalue weighted by Crippen LogP contribution is 2.30. The van der Waals surface area contributed by atoms with Crippen LogP contribution >= 0.6 is 0 Å². The summed E-state index contributed by atoms with van der Waals surface area (Å²) in [5.41, 5.74) is 2.66. The quantitative estimate of drug-likeness (QED) is 0.515. The minimum Gasteiger partial charge on any atom is -0.382 e. The topological polar surface area (TPSA) is 105 Å². The molecule has 0 unspecified atom stereocenters. The number of sulfonamides is 1. The number of morpholine rings is 1. The lowest BCUT2D eigenvalue weighted by molar-refractivity contribution is -0.385. The van der Waals surface area contributed by atoms with Crippen LogP contribution in [0.25, 0.3) is 0 Å². The van der Waals surface area contributed by atoms with Crippen LogP contribution in [-0.2, 0) is 21.2 Å². The Balaban J connectivity index is 1.54. The van der Waals surface area contributed by atoms with Gasteiger partial charge in [0.25, 0.3) is 5.69 Å². The van der Waals surface area contributed by atoms with Gasteiger partial charge in [0, 0.05) is 50.5 Å². The second kappa shape index (κ2) is 9.21. The summed E-state index contributed by atoms with van der Waals surface area (Å²) in [5.74, 6) is 0. The predicted molar refractivity (Wildman–Crippen MR) is 118 cm³/mol. The Labute approximate surface area is 181 Å². The van der Waals surface area contributed by atoms with Crippen molar-refractivity contribution in [2.24, 2.45) is 0 Å². The molecule has 4 rings (SSSR count). The molecular weight excluding hydrogens is 420 g/mol. The molecule has 0 atom stereocenters. The number of non-ortho nitro benzene ring substituents is 1. The third-order valence-electron chi connectivity index (χ3n) is 5.67. The van der Waals surface area contributed by atoms with Crippen molar-refractivity contribution in [1.29, 1.82) is 0 Å². The zero-order chi connectivity index (χ0) is 21.8. The SMILES string of the molecule is O=[N+]([O-])c1ccc(NCCN2CCCc3ccccc32)c(S(=O)(=O)N2CCOCC2)c1. The van der Waals surface area contributed by atoms with E-state index in [1.54, 1.807) is 0 Å². The molecule has 9 nitrogen and oxygen atoms in total. The average molecular weight is 447 g/mol. The number of hydrogen-bond donors (Lipinski definition) is 1. The Kier molecular flexibility index (Phi) is 6.40. The molecule has 2 heterocycles. The number of hydrogen-bond acceptors (Lipinski definition) is 7. The van der Waals surface area contributed by atoms with Gasteiger partial charge in [0.15, 0.2) is 0 Å². The number of aryl methyl sites for hydroxylation is 1. The summed E-state index contributed by atoms with van der Waals surface area (Å²) < 4.78 is 33.0. The van der Waals surface area contributed by atoms with Gasteiger partial charge in [-0.05, 0) is 30.5 Å². The highest BCUT2D eigenvalue weighted by molar-refractivity contribution is 7.89. The fourth-order valence-electron chi connectivity index (χ4n) is 4.08. The first-order valence-electron chi connectivity index (χ1n) is 10.4. The van der Waals surface area contributed by atoms with Crippen LogP contribution in [0.1, 0.15) is 12.0 Å². The maximum atomic E-state index is 13.2. The van der Waals surface area contributed by atoms with Crippen LogP contribution < -0.4 is 10.2 Å². The Hall–Kier alpha value is -2.69. The van der Waals surface area contributed by atoms with Gasteiger partial charge in [0.05, 0.1) is 23.8 Å². The van der Waals surface area contributed by atoms with E-state index < -0.39 is 14.9 Å². The highest BCUT2D eigenvalue weighted by atomic mass is 32.2. The largest absolute Gasteiger partial charge is 0.382 e. The Morgan fingerprint density at radius 3 is 2.65 bits per heavy atom. The van der Waals surface area contributed by atoms with Crippen molar-refractivity contribution in [3.63, 3.8) is 0 Å². The van der Waals surface area contributed by atoms with Gasteiger partial charge < -0.3 is 15.0 Å². The molecule has 31 heavy (non-hydrogen) atoms. The van der Waals surface area contributed by atoms with Crippen LogP contribution in [0.5, 0.6) is 0 Å². The second-order valence-corrected chi connectivity index (χ2v) is 9.51. The van der Waals surface area contributed by atoms with Crippen molar-refractivity contribution in [2.75, 3.05) is 56.2 Å². The zero-order valence-electron chi connectivity index (χ0n) is 17.2. The first-order chi connectivity index (χ1) is 15.0. The van der Waals surface area contributed by atoms with E-state index >= 15 is 0 Å². The molecule has 0 bridgehead atoms. The lowest BCUT2D eigenvalue weighted by atomic mass is 10.0. The minimum absolute atomic E-state index is 0.0670. The standard InChI is InChI=1S/C21H26N4O5S/c26-25(27)18-7-8-19(21(16-18)31(28,29)24-12-14-30-15-13-24)22-9-11-23-10-3-5-17-4-1-2-6-20(17)23/h1-2,4,6-8,16,22H,3,5,9-15H2. The van der Waals surface area contributed by atoms with E-state index in [0.717, 1.165) is 25.5 Å². The molecule has 0 spiro atoms. The van der Waals surface area contributed by atoms with Gasteiger partial charge in [-0.1, -0.05) is 18.2 Å². The van der Waals surface area contributed by atoms with Crippen LogP contribution in [0.2, 0.25) is 0 Å². The number of rotatable bonds is 7. The van der Waals surface area contributed by atoms with Crippen molar-refractivity contribution in [3.05, 3.63) is 58.1 Å². The van der Waals surface area contributed by atoms with Gasteiger partial charge in [-0.2, -0.15) is 4.31 Å². The van der Waals surface area contributed by atoms with E-state index in [-0.39, 0.29) is 23.7 Å². The first kappa shape index (κ1) is 21.5. The van der Waals surface area contributed by atoms with Gasteiger partial charge in [-0.3, -0.25) is 10.1 Å². The van der Waals surface area contributed by atoms with Crippen LogP contribution in [0.15, 0.2) is 47.4 Å². The van der Waals surface area contributed by atoms with E-state index in [1.807, 2.05) is 12.1 Å². The Morgan fingerprint density at radius 2 is 1.87 bits per heavy atom. The molecule has 2 aliphatic rings. The van der Waals surface area contributed by atoms with E-state index in [1.165, 1.54) is 27.7 Å². The summed E-state index contributed by atoms with van der Waals surface area (Å²) in [4.78, 5) is 12.9. The fraction of sp³-hybridized carbons (Fsp3) is 0.429. The molecule has 2 aliphatic heterocycles. The Morgan fingerprint density at radius 1 is 1.10 bits per heavy atom. The molecule has 0 aliphatic carbocycles. The summed E-state index contributed by atoms with van der Waals surface area (Å²) in [6, 6.07) is 12.3. The van der Waals surface area contributed by atoms with E-state index in [2.05, 4.69) is 22.3 Å². The van der Waals surface area contributed by atoms with Crippen molar-refractivity contribution in [1.82, 2.24) is 4.31 Å². The van der Waals surface area contributed by atoms with Crippen LogP contribution in [0.4, 0.5) is 17.1 Å². The molecule has 10 heteroatoms. The molecule has 0 amide bonds. The van der Waals surface area contributed by atoms with Gasteiger partial charge >= 0.3 is 0 Å². The van der Waals surface area contributed by atoms with Crippen molar-refractivity contribution in [2.45, 2.75) is 17.7 Å². The van der Waals surface area contributed by atoms with Crippen molar-refractivity contribution >= 4 is 27.1 Å². The molecule has 2 aromatic carbocycles. The van der Waals surface area contributed by atoms with Crippen LogP contribution in [0.3, 0.4) is 0 Å². The summed E-state index contributed by atoms with van der Waals surface area (Å²) in [6.07, 6.45) is 2.13. The highest BCUT2D eigenvalue weighted by Gasteiger charge is 2.30. The molecule has 0 radical (unpaired) electrons. The zero-order valence-corrected chi connectivity index (χ0v) is 18.0. The van der Waals surface area contributed by atoms with Crippen LogP contribution in [0, 0.1) is 10.1 Å². The molecule has 1 fully saturated rings. The van der Waals surface area contributed by atoms with Gasteiger partial charge in [-0.25, -0.2) is 8.42 Å². The molecule has 0 saturated carbocycles. The lowest BCUT2D eigenvalue weighted by Gasteiger charge is -2.31. The van der Waals surface area contributed by atoms with Crippen molar-refractivity contribution < 1.29 is 18.1 Å². The monoisotopic (exact) mass is 446 g/mol. The van der Waals surface area contributed by atoms with Gasteiger partial charge in [0.1, 0.15) is 4.90 Å². The normalized spacial score (nSPS) is 17.2. The third kappa shape index (κ3) is 4.65. The molecule has 0 aromatic heterocycles. The predicted octanol–water partition coefficient (Wildman–Crippen LogP) is 2.48. The molecule has 1 saturated heterocycles. The summed E-state index contributed by atoms with van der Waals surface area (Å²) in [7, 11) is -3.88. The van der Waals surface area contributed by atoms with Crippen LogP contribution in [-0.4, -0.2) is 63.6 Å². The Bertz CT molecular complexity index is 1050. The molecule has 1 N–H and O–H groups in total. The maximum absolute atomic E-state index is 13.2. The number of nitrogens with zero attached hydrogens (tertiary/aromatic N) is 3. The number of para-hydroxylation sites is 1. The van der Waals surface area contributed by atoms with E-state index in [9.17, 15) is 18.5 Å². The minimum atomic E-state index is -3.88. The van der Waals surface area contributed by atoms with E-state index in [4.69, 9.17) is 4.74 Å². The van der Waals surface area contributed by atoms with Crippen molar-refractivity contribution in [3.8, 4) is 0 Å². The fourth-order valence-corrected chi connectivity index (χ4v) is 5.68. The first-order valence-corrected chi connectivity index (χ1v) is 11.8. The molecule has 2 aromatic rings. The number of anilines is 2. The number of nitrogens with one attached hydrogen (secondary N) is 1. The number of nitro benzene ring substituents is 1. The lowest BCUT2D eigenvalue weighted by Crippen LogP contribution is -2.41. The maximum Gasteiger partial charge on any atom is 0.270 e. The number of benzene rings is 2. The number of ether oxygens (including phenoxy) is 1. The second-order valence-electron chi connectivity index (χ2n) is 7.60. The summed E-state index contributed by atoms with van der Waals surface area (Å²) in [6.45, 7) is 3.24. The van der Waals surface area contributed by atoms with E-state index in [0.29, 0.717) is 32.0 Å². The smallest absolute Gasteiger partial charge is 0.270 e. The molecular formula is C21H26N4O5S. The summed E-state index contributed by atoms with van der Waals surface area (Å²) in [5, 5.41) is 14.5. The van der Waals surface area contributed by atoms with Gasteiger partial charge in [0.2, 0.25) is 10.0 Å². The average Bonchev–Trinajstić information content (AvgIpc) is 2.80. The third-order valence-corrected chi connectivity index (χ3v) is 7.61. The van der Waals surface area contributed by atoms with Gasteiger partial charge in [-0.15, -0.1) is 0 Å². The number of fused-ring (bicyclic) bond motifs is 1. The summed E-state index contributed by atoms with van der Waals surface area (Å²) >= 11 is 0. The molecule has 166 valence electrons. The number of nitro groups is 1.